The van der Waals surface area contributed by atoms with E-state index in [4.69, 9.17) is 0 Å². The van der Waals surface area contributed by atoms with E-state index in [9.17, 15) is 24.4 Å². The fourth-order valence-corrected chi connectivity index (χ4v) is 1.80. The zero-order valence-electron chi connectivity index (χ0n) is 11.8. The van der Waals surface area contributed by atoms with Gasteiger partial charge in [-0.15, -0.1) is 0 Å². The number of para-hydroxylation sites is 1. The topological polar surface area (TPSA) is 105 Å². The Kier molecular flexibility index (Phi) is 4.98. The number of carbonyl (C=O) groups excluding carboxylic acids is 1. The molecule has 23 heavy (non-hydrogen) atoms. The van der Waals surface area contributed by atoms with Crippen LogP contribution in [0.2, 0.25) is 0 Å². The Morgan fingerprint density at radius 2 is 2.00 bits per heavy atom. The molecule has 8 heteroatoms. The summed E-state index contributed by atoms with van der Waals surface area (Å²) in [6.07, 6.45) is 1.10. The molecule has 118 valence electrons. The van der Waals surface area contributed by atoms with Crippen LogP contribution >= 0.6 is 0 Å². The molecule has 0 fully saturated rings. The van der Waals surface area contributed by atoms with E-state index in [1.807, 2.05) is 0 Å². The summed E-state index contributed by atoms with van der Waals surface area (Å²) < 4.78 is 12.7. The fraction of sp³-hybridized carbons (Fsp3) is 0.0667. The van der Waals surface area contributed by atoms with Gasteiger partial charge in [-0.3, -0.25) is 14.9 Å². The number of nitro benzene ring substituents is 1. The van der Waals surface area contributed by atoms with E-state index in [1.165, 1.54) is 36.4 Å². The maximum Gasteiger partial charge on any atom is 0.311 e. The molecule has 2 aromatic carbocycles. The first-order chi connectivity index (χ1) is 11.0. The van der Waals surface area contributed by atoms with Crippen LogP contribution in [0.15, 0.2) is 47.6 Å². The Bertz CT molecular complexity index is 760. The van der Waals surface area contributed by atoms with Crippen LogP contribution in [0.25, 0.3) is 0 Å². The first-order valence-corrected chi connectivity index (χ1v) is 6.50. The third-order valence-corrected chi connectivity index (χ3v) is 2.91. The molecule has 7 nitrogen and oxygen atoms in total. The van der Waals surface area contributed by atoms with Gasteiger partial charge in [0.25, 0.3) is 0 Å². The summed E-state index contributed by atoms with van der Waals surface area (Å²) in [7, 11) is 0. The number of carbonyl (C=O) groups is 1. The number of rotatable bonds is 5. The van der Waals surface area contributed by atoms with Gasteiger partial charge in [-0.25, -0.2) is 9.82 Å². The Morgan fingerprint density at radius 1 is 1.30 bits per heavy atom. The van der Waals surface area contributed by atoms with Crippen molar-refractivity contribution in [2.75, 3.05) is 0 Å². The number of aromatic hydroxyl groups is 1. The van der Waals surface area contributed by atoms with Crippen molar-refractivity contribution in [2.45, 2.75) is 6.42 Å². The lowest BCUT2D eigenvalue weighted by molar-refractivity contribution is -0.385. The monoisotopic (exact) mass is 317 g/mol. The predicted octanol–water partition coefficient (Wildman–Crippen LogP) is 2.13. The molecule has 0 bridgehead atoms. The lowest BCUT2D eigenvalue weighted by atomic mass is 10.1. The first-order valence-electron chi connectivity index (χ1n) is 6.50. The minimum atomic E-state index is -0.722. The Balaban J connectivity index is 1.99. The number of benzene rings is 2. The first kappa shape index (κ1) is 16.1. The number of halogens is 1. The fourth-order valence-electron chi connectivity index (χ4n) is 1.80. The Morgan fingerprint density at radius 3 is 2.65 bits per heavy atom. The summed E-state index contributed by atoms with van der Waals surface area (Å²) in [4.78, 5) is 21.6. The van der Waals surface area contributed by atoms with Gasteiger partial charge < -0.3 is 5.11 Å². The standard InChI is InChI=1S/C15H12FN3O4/c16-12-6-4-10(5-7-12)8-14(20)18-17-9-11-2-1-3-13(15(11)21)19(22)23/h1-7,9,21H,8H2,(H,18,20)/b17-9+. The largest absolute Gasteiger partial charge is 0.502 e. The van der Waals surface area contributed by atoms with Crippen molar-refractivity contribution in [2.24, 2.45) is 5.10 Å². The van der Waals surface area contributed by atoms with E-state index in [0.29, 0.717) is 5.56 Å². The molecule has 0 aliphatic heterocycles. The van der Waals surface area contributed by atoms with Crippen molar-refractivity contribution in [1.29, 1.82) is 0 Å². The lowest BCUT2D eigenvalue weighted by Crippen LogP contribution is -2.19. The van der Waals surface area contributed by atoms with Crippen molar-refractivity contribution in [3.8, 4) is 5.75 Å². The van der Waals surface area contributed by atoms with E-state index in [1.54, 1.807) is 0 Å². The molecule has 0 atom stereocenters. The molecule has 0 saturated carbocycles. The minimum absolute atomic E-state index is 0.00145. The SMILES string of the molecule is O=C(Cc1ccc(F)cc1)N/N=C/c1cccc([N+](=O)[O-])c1O. The van der Waals surface area contributed by atoms with Gasteiger partial charge in [0.1, 0.15) is 5.82 Å². The van der Waals surface area contributed by atoms with Gasteiger partial charge in [0, 0.05) is 11.6 Å². The second-order valence-corrected chi connectivity index (χ2v) is 4.57. The quantitative estimate of drug-likeness (QED) is 0.500. The smallest absolute Gasteiger partial charge is 0.311 e. The second kappa shape index (κ2) is 7.12. The van der Waals surface area contributed by atoms with Crippen molar-refractivity contribution in [3.05, 3.63) is 69.5 Å². The van der Waals surface area contributed by atoms with Gasteiger partial charge in [-0.2, -0.15) is 5.10 Å². The normalized spacial score (nSPS) is 10.7. The third-order valence-electron chi connectivity index (χ3n) is 2.91. The van der Waals surface area contributed by atoms with Gasteiger partial charge in [-0.05, 0) is 23.8 Å². The molecular formula is C15H12FN3O4. The van der Waals surface area contributed by atoms with E-state index in [-0.39, 0.29) is 12.0 Å². The van der Waals surface area contributed by atoms with Crippen LogP contribution in [0.1, 0.15) is 11.1 Å². The highest BCUT2D eigenvalue weighted by atomic mass is 19.1. The number of hydrogen-bond donors (Lipinski definition) is 2. The molecule has 0 spiro atoms. The van der Waals surface area contributed by atoms with Crippen molar-refractivity contribution < 1.29 is 19.2 Å². The van der Waals surface area contributed by atoms with Crippen LogP contribution in [0.5, 0.6) is 5.75 Å². The lowest BCUT2D eigenvalue weighted by Gasteiger charge is -2.01. The van der Waals surface area contributed by atoms with E-state index >= 15 is 0 Å². The number of nitro groups is 1. The maximum atomic E-state index is 12.7. The van der Waals surface area contributed by atoms with Gasteiger partial charge in [-0.1, -0.05) is 18.2 Å². The molecule has 2 rings (SSSR count). The molecule has 0 radical (unpaired) electrons. The van der Waals surface area contributed by atoms with Crippen LogP contribution < -0.4 is 5.43 Å². The maximum absolute atomic E-state index is 12.7. The predicted molar refractivity (Wildman–Crippen MR) is 80.6 cm³/mol. The van der Waals surface area contributed by atoms with Crippen LogP contribution in [-0.4, -0.2) is 22.2 Å². The number of hydrazone groups is 1. The molecule has 2 N–H and O–H groups in total. The van der Waals surface area contributed by atoms with Crippen molar-refractivity contribution in [1.82, 2.24) is 5.43 Å². The van der Waals surface area contributed by atoms with Crippen LogP contribution in [0.3, 0.4) is 0 Å². The number of nitrogens with zero attached hydrogens (tertiary/aromatic N) is 2. The van der Waals surface area contributed by atoms with Gasteiger partial charge in [0.2, 0.25) is 11.7 Å². The molecular weight excluding hydrogens is 305 g/mol. The molecule has 0 aromatic heterocycles. The summed E-state index contributed by atoms with van der Waals surface area (Å²) in [5.74, 6) is -1.37. The van der Waals surface area contributed by atoms with Crippen LogP contribution in [0.4, 0.5) is 10.1 Å². The summed E-state index contributed by atoms with van der Waals surface area (Å²) in [6, 6.07) is 9.40. The minimum Gasteiger partial charge on any atom is -0.502 e. The molecule has 1 amide bonds. The molecule has 0 heterocycles. The third kappa shape index (κ3) is 4.34. The average Bonchev–Trinajstić information content (AvgIpc) is 2.51. The van der Waals surface area contributed by atoms with Gasteiger partial charge >= 0.3 is 5.69 Å². The highest BCUT2D eigenvalue weighted by Crippen LogP contribution is 2.27. The van der Waals surface area contributed by atoms with Crippen molar-refractivity contribution in [3.63, 3.8) is 0 Å². The van der Waals surface area contributed by atoms with E-state index in [0.717, 1.165) is 12.3 Å². The molecule has 0 unspecified atom stereocenters. The summed E-state index contributed by atoms with van der Waals surface area (Å²) in [5.41, 5.74) is 2.48. The van der Waals surface area contributed by atoms with Crippen LogP contribution in [0, 0.1) is 15.9 Å². The number of hydrogen-bond acceptors (Lipinski definition) is 5. The van der Waals surface area contributed by atoms with Crippen LogP contribution in [-0.2, 0) is 11.2 Å². The second-order valence-electron chi connectivity index (χ2n) is 4.57. The number of amides is 1. The molecule has 0 aliphatic carbocycles. The zero-order chi connectivity index (χ0) is 16.8. The summed E-state index contributed by atoms with van der Waals surface area (Å²) in [5, 5.41) is 24.0. The molecule has 0 saturated heterocycles. The number of phenolic OH excluding ortho intramolecular Hbond substituents is 1. The van der Waals surface area contributed by atoms with E-state index in [2.05, 4.69) is 10.5 Å². The highest BCUT2D eigenvalue weighted by Gasteiger charge is 2.15. The average molecular weight is 317 g/mol. The van der Waals surface area contributed by atoms with E-state index < -0.39 is 28.1 Å². The van der Waals surface area contributed by atoms with Gasteiger partial charge in [0.05, 0.1) is 17.6 Å². The molecule has 2 aromatic rings. The number of phenols is 1. The Labute approximate surface area is 130 Å². The highest BCUT2D eigenvalue weighted by molar-refractivity contribution is 5.87. The van der Waals surface area contributed by atoms with Crippen molar-refractivity contribution >= 4 is 17.8 Å². The summed E-state index contributed by atoms with van der Waals surface area (Å²) in [6.45, 7) is 0. The summed E-state index contributed by atoms with van der Waals surface area (Å²) >= 11 is 0. The zero-order valence-corrected chi connectivity index (χ0v) is 11.8. The number of nitrogens with one attached hydrogen (secondary N) is 1. The van der Waals surface area contributed by atoms with Gasteiger partial charge in [0.15, 0.2) is 0 Å². The Hall–Kier alpha value is -3.29. The molecule has 0 aliphatic rings.